The van der Waals surface area contributed by atoms with Crippen LogP contribution in [0.4, 0.5) is 0 Å². The fourth-order valence-corrected chi connectivity index (χ4v) is 2.62. The molecule has 1 amide bonds. The summed E-state index contributed by atoms with van der Waals surface area (Å²) >= 11 is 0. The van der Waals surface area contributed by atoms with Gasteiger partial charge in [0.1, 0.15) is 11.5 Å². The van der Waals surface area contributed by atoms with E-state index in [2.05, 4.69) is 10.1 Å². The maximum absolute atomic E-state index is 12.6. The molecular weight excluding hydrogens is 358 g/mol. The molecule has 0 spiro atoms. The highest BCUT2D eigenvalue weighted by Gasteiger charge is 2.16. The Morgan fingerprint density at radius 2 is 1.71 bits per heavy atom. The highest BCUT2D eigenvalue weighted by Crippen LogP contribution is 2.20. The minimum atomic E-state index is -0.139. The van der Waals surface area contributed by atoms with Gasteiger partial charge in [-0.05, 0) is 62.4 Å². The molecule has 7 heteroatoms. The number of hydrogen-bond donors (Lipinski definition) is 0. The van der Waals surface area contributed by atoms with Crippen LogP contribution in [-0.2, 0) is 6.54 Å². The van der Waals surface area contributed by atoms with E-state index in [-0.39, 0.29) is 18.6 Å². The number of carbonyl (C=O) groups is 1. The molecule has 1 aromatic heterocycles. The number of amides is 1. The van der Waals surface area contributed by atoms with Crippen LogP contribution in [0.2, 0.25) is 0 Å². The Morgan fingerprint density at radius 1 is 1.07 bits per heavy atom. The molecule has 0 atom stereocenters. The van der Waals surface area contributed by atoms with E-state index >= 15 is 0 Å². The summed E-state index contributed by atoms with van der Waals surface area (Å²) in [7, 11) is 3.30. The van der Waals surface area contributed by atoms with Crippen LogP contribution in [0.15, 0.2) is 53.1 Å². The average molecular weight is 381 g/mol. The van der Waals surface area contributed by atoms with Crippen LogP contribution in [0, 0.1) is 0 Å². The molecule has 0 N–H and O–H groups in total. The first kappa shape index (κ1) is 19.4. The standard InChI is InChI=1S/C21H23N3O4/c1-14(2)27-18-11-7-16(8-12-18)21(25)24(3)13-19-22-20(23-28-19)15-5-9-17(26-4)10-6-15/h5-12,14H,13H2,1-4H3. The Hall–Kier alpha value is -3.35. The topological polar surface area (TPSA) is 77.7 Å². The second-order valence-corrected chi connectivity index (χ2v) is 6.59. The van der Waals surface area contributed by atoms with Crippen molar-refractivity contribution in [3.05, 3.63) is 60.0 Å². The Bertz CT molecular complexity index is 918. The van der Waals surface area contributed by atoms with E-state index in [1.54, 1.807) is 38.4 Å². The Balaban J connectivity index is 1.64. The lowest BCUT2D eigenvalue weighted by molar-refractivity contribution is 0.0769. The molecule has 0 saturated heterocycles. The SMILES string of the molecule is COc1ccc(-c2noc(CN(C)C(=O)c3ccc(OC(C)C)cc3)n2)cc1. The first-order chi connectivity index (χ1) is 13.5. The zero-order valence-corrected chi connectivity index (χ0v) is 16.4. The lowest BCUT2D eigenvalue weighted by Gasteiger charge is -2.15. The van der Waals surface area contributed by atoms with E-state index in [9.17, 15) is 4.79 Å². The van der Waals surface area contributed by atoms with Crippen molar-refractivity contribution in [2.24, 2.45) is 0 Å². The summed E-state index contributed by atoms with van der Waals surface area (Å²) in [6, 6.07) is 14.4. The largest absolute Gasteiger partial charge is 0.497 e. The van der Waals surface area contributed by atoms with Crippen molar-refractivity contribution in [2.75, 3.05) is 14.2 Å². The van der Waals surface area contributed by atoms with Crippen LogP contribution in [0.1, 0.15) is 30.1 Å². The molecule has 0 aliphatic rings. The van der Waals surface area contributed by atoms with Gasteiger partial charge in [0.25, 0.3) is 5.91 Å². The highest BCUT2D eigenvalue weighted by atomic mass is 16.5. The molecule has 0 radical (unpaired) electrons. The van der Waals surface area contributed by atoms with Crippen molar-refractivity contribution in [2.45, 2.75) is 26.5 Å². The number of ether oxygens (including phenoxy) is 2. The lowest BCUT2D eigenvalue weighted by atomic mass is 10.2. The third-order valence-electron chi connectivity index (χ3n) is 4.01. The van der Waals surface area contributed by atoms with Crippen LogP contribution in [0.3, 0.4) is 0 Å². The number of nitrogens with zero attached hydrogens (tertiary/aromatic N) is 3. The van der Waals surface area contributed by atoms with Crippen molar-refractivity contribution in [1.82, 2.24) is 15.0 Å². The normalized spacial score (nSPS) is 10.8. The fraction of sp³-hybridized carbons (Fsp3) is 0.286. The molecule has 2 aromatic carbocycles. The Labute approximate surface area is 163 Å². The van der Waals surface area contributed by atoms with Crippen LogP contribution in [0.5, 0.6) is 11.5 Å². The summed E-state index contributed by atoms with van der Waals surface area (Å²) in [5, 5.41) is 3.98. The van der Waals surface area contributed by atoms with E-state index in [1.807, 2.05) is 38.1 Å². The van der Waals surface area contributed by atoms with E-state index in [4.69, 9.17) is 14.0 Å². The number of methoxy groups -OCH3 is 1. The summed E-state index contributed by atoms with van der Waals surface area (Å²) in [6.45, 7) is 4.13. The van der Waals surface area contributed by atoms with Gasteiger partial charge >= 0.3 is 0 Å². The average Bonchev–Trinajstić information content (AvgIpc) is 3.16. The molecule has 3 aromatic rings. The van der Waals surface area contributed by atoms with Crippen molar-refractivity contribution < 1.29 is 18.8 Å². The second-order valence-electron chi connectivity index (χ2n) is 6.59. The van der Waals surface area contributed by atoms with E-state index < -0.39 is 0 Å². The van der Waals surface area contributed by atoms with E-state index in [1.165, 1.54) is 4.90 Å². The molecule has 1 heterocycles. The summed E-state index contributed by atoms with van der Waals surface area (Å²) in [5.41, 5.74) is 1.37. The zero-order valence-electron chi connectivity index (χ0n) is 16.4. The maximum Gasteiger partial charge on any atom is 0.254 e. The molecule has 0 aliphatic carbocycles. The molecule has 0 bridgehead atoms. The molecule has 146 valence electrons. The smallest absolute Gasteiger partial charge is 0.254 e. The number of rotatable bonds is 7. The molecule has 0 fully saturated rings. The zero-order chi connectivity index (χ0) is 20.1. The number of carbonyl (C=O) groups excluding carboxylic acids is 1. The number of benzene rings is 2. The number of aromatic nitrogens is 2. The first-order valence-electron chi connectivity index (χ1n) is 8.95. The minimum absolute atomic E-state index is 0.0849. The predicted molar refractivity (Wildman–Crippen MR) is 104 cm³/mol. The van der Waals surface area contributed by atoms with E-state index in [0.717, 1.165) is 17.1 Å². The van der Waals surface area contributed by atoms with Crippen molar-refractivity contribution in [1.29, 1.82) is 0 Å². The number of hydrogen-bond acceptors (Lipinski definition) is 6. The van der Waals surface area contributed by atoms with Gasteiger partial charge in [-0.2, -0.15) is 4.98 Å². The monoisotopic (exact) mass is 381 g/mol. The quantitative estimate of drug-likeness (QED) is 0.619. The molecule has 0 aliphatic heterocycles. The van der Waals surface area contributed by atoms with Gasteiger partial charge in [0.2, 0.25) is 11.7 Å². The van der Waals surface area contributed by atoms with Gasteiger partial charge in [-0.1, -0.05) is 5.16 Å². The van der Waals surface area contributed by atoms with Crippen molar-refractivity contribution >= 4 is 5.91 Å². The van der Waals surface area contributed by atoms with E-state index in [0.29, 0.717) is 17.3 Å². The Kier molecular flexibility index (Phi) is 5.93. The summed E-state index contributed by atoms with van der Waals surface area (Å²) in [4.78, 5) is 18.5. The highest BCUT2D eigenvalue weighted by molar-refractivity contribution is 5.94. The first-order valence-corrected chi connectivity index (χ1v) is 8.95. The minimum Gasteiger partial charge on any atom is -0.497 e. The third-order valence-corrected chi connectivity index (χ3v) is 4.01. The summed E-state index contributed by atoms with van der Waals surface area (Å²) in [5.74, 6) is 2.17. The molecule has 28 heavy (non-hydrogen) atoms. The van der Waals surface area contributed by atoms with Crippen molar-refractivity contribution in [3.63, 3.8) is 0 Å². The summed E-state index contributed by atoms with van der Waals surface area (Å²) < 4.78 is 16.0. The van der Waals surface area contributed by atoms with Gasteiger partial charge in [0, 0.05) is 18.2 Å². The van der Waals surface area contributed by atoms with Gasteiger partial charge in [0.05, 0.1) is 19.8 Å². The van der Waals surface area contributed by atoms with Crippen molar-refractivity contribution in [3.8, 4) is 22.9 Å². The second kappa shape index (κ2) is 8.56. The van der Waals surface area contributed by atoms with Gasteiger partial charge in [-0.25, -0.2) is 0 Å². The van der Waals surface area contributed by atoms with Crippen LogP contribution >= 0.6 is 0 Å². The van der Waals surface area contributed by atoms with Crippen LogP contribution in [0.25, 0.3) is 11.4 Å². The molecule has 0 saturated carbocycles. The Morgan fingerprint density at radius 3 is 2.32 bits per heavy atom. The summed E-state index contributed by atoms with van der Waals surface area (Å²) in [6.07, 6.45) is 0.0849. The van der Waals surface area contributed by atoms with Gasteiger partial charge in [0.15, 0.2) is 0 Å². The molecular formula is C21H23N3O4. The fourth-order valence-electron chi connectivity index (χ4n) is 2.62. The lowest BCUT2D eigenvalue weighted by Crippen LogP contribution is -2.26. The predicted octanol–water partition coefficient (Wildman–Crippen LogP) is 3.80. The third kappa shape index (κ3) is 4.68. The van der Waals surface area contributed by atoms with Crippen LogP contribution in [-0.4, -0.2) is 41.2 Å². The maximum atomic E-state index is 12.6. The van der Waals surface area contributed by atoms with Gasteiger partial charge < -0.3 is 18.9 Å². The van der Waals surface area contributed by atoms with Gasteiger partial charge in [-0.15, -0.1) is 0 Å². The molecule has 0 unspecified atom stereocenters. The van der Waals surface area contributed by atoms with Crippen LogP contribution < -0.4 is 9.47 Å². The van der Waals surface area contributed by atoms with Gasteiger partial charge in [-0.3, -0.25) is 4.79 Å². The molecule has 7 nitrogen and oxygen atoms in total. The molecule has 3 rings (SSSR count).